The normalized spacial score (nSPS) is 19.9. The molecule has 0 aromatic heterocycles. The van der Waals surface area contributed by atoms with Crippen molar-refractivity contribution in [2.45, 2.75) is 45.1 Å². The van der Waals surface area contributed by atoms with Crippen molar-refractivity contribution in [3.63, 3.8) is 0 Å². The third-order valence-electron chi connectivity index (χ3n) is 7.46. The van der Waals surface area contributed by atoms with Crippen LogP contribution in [0.25, 0.3) is 10.8 Å². The maximum absolute atomic E-state index is 13.1. The summed E-state index contributed by atoms with van der Waals surface area (Å²) in [6.07, 6.45) is 1.32. The Morgan fingerprint density at radius 2 is 1.71 bits per heavy atom. The van der Waals surface area contributed by atoms with E-state index in [0.717, 1.165) is 13.0 Å². The number of hydrogen-bond acceptors (Lipinski definition) is 3. The second kappa shape index (κ2) is 11.5. The molecule has 0 bridgehead atoms. The van der Waals surface area contributed by atoms with Gasteiger partial charge >= 0.3 is 5.97 Å². The van der Waals surface area contributed by atoms with Crippen LogP contribution in [0.1, 0.15) is 56.2 Å². The molecule has 1 heterocycles. The molecule has 4 atom stereocenters. The fraction of sp³-hybridized carbons (Fsp3) is 0.400. The van der Waals surface area contributed by atoms with Crippen LogP contribution in [0.5, 0.6) is 0 Å². The van der Waals surface area contributed by atoms with Crippen molar-refractivity contribution in [1.82, 2.24) is 10.2 Å². The van der Waals surface area contributed by atoms with E-state index in [4.69, 9.17) is 5.11 Å². The van der Waals surface area contributed by atoms with E-state index >= 15 is 0 Å². The zero-order chi connectivity index (χ0) is 24.8. The van der Waals surface area contributed by atoms with Gasteiger partial charge in [0.1, 0.15) is 0 Å². The Morgan fingerprint density at radius 1 is 1.00 bits per heavy atom. The molecule has 5 heteroatoms. The molecule has 0 spiro atoms. The number of hydrogen-bond donors (Lipinski definition) is 2. The molecule has 5 nitrogen and oxygen atoms in total. The zero-order valence-corrected chi connectivity index (χ0v) is 20.7. The Hall–Kier alpha value is -3.18. The number of fused-ring (bicyclic) bond motifs is 1. The number of nitrogens with zero attached hydrogens (tertiary/aromatic N) is 1. The van der Waals surface area contributed by atoms with Gasteiger partial charge in [-0.15, -0.1) is 0 Å². The summed E-state index contributed by atoms with van der Waals surface area (Å²) in [6, 6.07) is 25.7. The van der Waals surface area contributed by atoms with Crippen molar-refractivity contribution in [3.8, 4) is 0 Å². The first-order valence-electron chi connectivity index (χ1n) is 12.7. The molecule has 1 saturated heterocycles. The topological polar surface area (TPSA) is 69.6 Å². The lowest BCUT2D eigenvalue weighted by Gasteiger charge is -2.40. The number of carboxylic acid groups (broad SMARTS) is 1. The number of carbonyl (C=O) groups is 2. The van der Waals surface area contributed by atoms with E-state index in [1.165, 1.54) is 21.9 Å². The predicted molar refractivity (Wildman–Crippen MR) is 140 cm³/mol. The Labute approximate surface area is 208 Å². The van der Waals surface area contributed by atoms with E-state index in [9.17, 15) is 9.59 Å². The van der Waals surface area contributed by atoms with Crippen LogP contribution in [0, 0.1) is 11.8 Å². The maximum atomic E-state index is 13.1. The van der Waals surface area contributed by atoms with E-state index in [0.29, 0.717) is 25.4 Å². The minimum atomic E-state index is -0.850. The summed E-state index contributed by atoms with van der Waals surface area (Å²) in [7, 11) is 0. The van der Waals surface area contributed by atoms with Crippen molar-refractivity contribution < 1.29 is 14.7 Å². The number of rotatable bonds is 9. The van der Waals surface area contributed by atoms with Gasteiger partial charge in [0.2, 0.25) is 5.91 Å². The smallest absolute Gasteiger partial charge is 0.303 e. The molecule has 2 N–H and O–H groups in total. The van der Waals surface area contributed by atoms with Crippen LogP contribution in [0.3, 0.4) is 0 Å². The van der Waals surface area contributed by atoms with Gasteiger partial charge in [-0.1, -0.05) is 79.7 Å². The summed E-state index contributed by atoms with van der Waals surface area (Å²) in [5.74, 6) is -0.398. The third-order valence-corrected chi connectivity index (χ3v) is 7.46. The highest BCUT2D eigenvalue weighted by atomic mass is 16.4. The first kappa shape index (κ1) is 24.9. The Morgan fingerprint density at radius 3 is 2.49 bits per heavy atom. The summed E-state index contributed by atoms with van der Waals surface area (Å²) in [4.78, 5) is 26.0. The molecule has 0 aliphatic carbocycles. The lowest BCUT2D eigenvalue weighted by Crippen LogP contribution is -2.48. The minimum Gasteiger partial charge on any atom is -0.481 e. The SMILES string of the molecule is C[C@H](CCC(=O)O)C(=O)N1CCC(c2ccccc2)C(CN[C@H](C)c2cccc3ccccc23)C1. The van der Waals surface area contributed by atoms with Crippen molar-refractivity contribution in [2.75, 3.05) is 19.6 Å². The Balaban J connectivity index is 1.49. The minimum absolute atomic E-state index is 0.0287. The van der Waals surface area contributed by atoms with Crippen LogP contribution in [-0.4, -0.2) is 41.5 Å². The molecule has 1 aliphatic heterocycles. The van der Waals surface area contributed by atoms with Crippen molar-refractivity contribution in [3.05, 3.63) is 83.9 Å². The fourth-order valence-corrected chi connectivity index (χ4v) is 5.42. The molecular weight excluding hydrogens is 436 g/mol. The highest BCUT2D eigenvalue weighted by Crippen LogP contribution is 2.34. The molecule has 2 unspecified atom stereocenters. The Bertz CT molecular complexity index is 1140. The number of likely N-dealkylation sites (tertiary alicyclic amines) is 1. The molecule has 0 saturated carbocycles. The standard InChI is InChI=1S/C30H36N2O3/c1-21(15-16-29(33)34)30(35)32-18-17-27(23-9-4-3-5-10-23)25(20-32)19-31-22(2)26-14-8-12-24-11-6-7-13-28(24)26/h3-14,21-22,25,27,31H,15-20H2,1-2H3,(H,33,34)/t21-,22-,25?,27?/m1/s1. The van der Waals surface area contributed by atoms with Crippen LogP contribution in [0.2, 0.25) is 0 Å². The van der Waals surface area contributed by atoms with Crippen LogP contribution in [0.4, 0.5) is 0 Å². The summed E-state index contributed by atoms with van der Waals surface area (Å²) in [6.45, 7) is 6.26. The maximum Gasteiger partial charge on any atom is 0.303 e. The van der Waals surface area contributed by atoms with Gasteiger partial charge in [0.15, 0.2) is 0 Å². The van der Waals surface area contributed by atoms with Crippen LogP contribution in [0.15, 0.2) is 72.8 Å². The number of nitrogens with one attached hydrogen (secondary N) is 1. The molecule has 1 fully saturated rings. The lowest BCUT2D eigenvalue weighted by atomic mass is 9.79. The highest BCUT2D eigenvalue weighted by molar-refractivity contribution is 5.86. The number of carboxylic acids is 1. The zero-order valence-electron chi connectivity index (χ0n) is 20.7. The molecule has 1 aliphatic rings. The van der Waals surface area contributed by atoms with E-state index in [-0.39, 0.29) is 30.2 Å². The first-order chi connectivity index (χ1) is 16.9. The van der Waals surface area contributed by atoms with Gasteiger partial charge in [-0.25, -0.2) is 0 Å². The average molecular weight is 473 g/mol. The predicted octanol–water partition coefficient (Wildman–Crippen LogP) is 5.62. The third kappa shape index (κ3) is 6.09. The van der Waals surface area contributed by atoms with Gasteiger partial charge in [-0.3, -0.25) is 9.59 Å². The van der Waals surface area contributed by atoms with Gasteiger partial charge in [-0.05, 0) is 53.5 Å². The molecule has 4 rings (SSSR count). The molecule has 1 amide bonds. The quantitative estimate of drug-likeness (QED) is 0.424. The molecule has 35 heavy (non-hydrogen) atoms. The van der Waals surface area contributed by atoms with Crippen molar-refractivity contribution in [1.29, 1.82) is 0 Å². The number of piperidine rings is 1. The van der Waals surface area contributed by atoms with Gasteiger partial charge in [0, 0.05) is 38.0 Å². The lowest BCUT2D eigenvalue weighted by molar-refractivity contribution is -0.139. The number of amides is 1. The molecule has 3 aromatic carbocycles. The number of aliphatic carboxylic acids is 1. The molecule has 0 radical (unpaired) electrons. The Kier molecular flexibility index (Phi) is 8.19. The average Bonchev–Trinajstić information content (AvgIpc) is 2.89. The number of carbonyl (C=O) groups excluding carboxylic acids is 1. The van der Waals surface area contributed by atoms with Crippen LogP contribution < -0.4 is 5.32 Å². The van der Waals surface area contributed by atoms with E-state index in [2.05, 4.69) is 79.0 Å². The molecule has 184 valence electrons. The second-order valence-electron chi connectivity index (χ2n) is 9.88. The van der Waals surface area contributed by atoms with Gasteiger partial charge in [0.05, 0.1) is 0 Å². The second-order valence-corrected chi connectivity index (χ2v) is 9.88. The summed E-state index contributed by atoms with van der Waals surface area (Å²) < 4.78 is 0. The van der Waals surface area contributed by atoms with E-state index in [1.807, 2.05) is 17.9 Å². The summed E-state index contributed by atoms with van der Waals surface area (Å²) >= 11 is 0. The van der Waals surface area contributed by atoms with Gasteiger partial charge in [-0.2, -0.15) is 0 Å². The number of benzene rings is 3. The summed E-state index contributed by atoms with van der Waals surface area (Å²) in [5.41, 5.74) is 2.61. The van der Waals surface area contributed by atoms with Gasteiger partial charge < -0.3 is 15.3 Å². The largest absolute Gasteiger partial charge is 0.481 e. The van der Waals surface area contributed by atoms with Crippen LogP contribution in [-0.2, 0) is 9.59 Å². The van der Waals surface area contributed by atoms with Crippen molar-refractivity contribution in [2.24, 2.45) is 11.8 Å². The van der Waals surface area contributed by atoms with E-state index in [1.54, 1.807) is 0 Å². The first-order valence-corrected chi connectivity index (χ1v) is 12.7. The fourth-order valence-electron chi connectivity index (χ4n) is 5.42. The van der Waals surface area contributed by atoms with Crippen LogP contribution >= 0.6 is 0 Å². The monoisotopic (exact) mass is 472 g/mol. The molecular formula is C30H36N2O3. The van der Waals surface area contributed by atoms with Gasteiger partial charge in [0.25, 0.3) is 0 Å². The molecule has 3 aromatic rings. The van der Waals surface area contributed by atoms with E-state index < -0.39 is 5.97 Å². The highest BCUT2D eigenvalue weighted by Gasteiger charge is 2.34. The van der Waals surface area contributed by atoms with Crippen molar-refractivity contribution >= 4 is 22.6 Å². The summed E-state index contributed by atoms with van der Waals surface area (Å²) in [5, 5.41) is 15.3.